The molecule has 4 rings (SSSR count). The van der Waals surface area contributed by atoms with E-state index in [2.05, 4.69) is 26.8 Å². The first-order chi connectivity index (χ1) is 12.5. The number of nitrogen functional groups attached to an aromatic ring is 1. The van der Waals surface area contributed by atoms with Crippen molar-refractivity contribution in [1.82, 2.24) is 15.0 Å². The predicted octanol–water partition coefficient (Wildman–Crippen LogP) is 4.67. The van der Waals surface area contributed by atoms with Gasteiger partial charge in [0, 0.05) is 24.2 Å². The summed E-state index contributed by atoms with van der Waals surface area (Å²) in [6.07, 6.45) is 12.1. The van der Waals surface area contributed by atoms with Crippen LogP contribution in [0.4, 0.5) is 11.6 Å². The fourth-order valence-electron chi connectivity index (χ4n) is 4.32. The lowest BCUT2D eigenvalue weighted by Crippen LogP contribution is -2.39. The molecule has 7 heteroatoms. The molecule has 1 aliphatic heterocycles. The minimum Gasteiger partial charge on any atom is -0.382 e. The van der Waals surface area contributed by atoms with Crippen molar-refractivity contribution in [1.29, 1.82) is 0 Å². The van der Waals surface area contributed by atoms with Gasteiger partial charge in [0.25, 0.3) is 0 Å². The van der Waals surface area contributed by atoms with Crippen LogP contribution in [0.25, 0.3) is 0 Å². The number of piperidine rings is 1. The zero-order chi connectivity index (χ0) is 18.1. The third-order valence-corrected chi connectivity index (χ3v) is 7.30. The number of hydrogen-bond acceptors (Lipinski definition) is 6. The summed E-state index contributed by atoms with van der Waals surface area (Å²) in [6, 6.07) is 1.84. The largest absolute Gasteiger partial charge is 0.382 e. The average Bonchev–Trinajstić information content (AvgIpc) is 3.01. The van der Waals surface area contributed by atoms with Gasteiger partial charge in [-0.1, -0.05) is 36.7 Å². The average molecular weight is 390 g/mol. The van der Waals surface area contributed by atoms with Gasteiger partial charge in [-0.3, -0.25) is 0 Å². The summed E-state index contributed by atoms with van der Waals surface area (Å²) in [5.41, 5.74) is 6.35. The van der Waals surface area contributed by atoms with Crippen molar-refractivity contribution in [3.8, 4) is 0 Å². The topological polar surface area (TPSA) is 67.9 Å². The van der Waals surface area contributed by atoms with Gasteiger partial charge >= 0.3 is 0 Å². The standard InChI is InChI=1S/C19H24ClN5S/c1-13-2-4-19(10-13)5-8-25(9-6-19)15-11-24-16(12-23-15)26-14-3-7-22-18(21)17(14)20/h3,7,11-13H,2,4-6,8-10H2,1H3,(H2,21,22)/t13-/m0/s1. The van der Waals surface area contributed by atoms with Gasteiger partial charge in [-0.15, -0.1) is 0 Å². The number of nitrogens with two attached hydrogens (primary N) is 1. The first-order valence-corrected chi connectivity index (χ1v) is 10.4. The Hall–Kier alpha value is -1.53. The molecule has 26 heavy (non-hydrogen) atoms. The molecule has 2 N–H and O–H groups in total. The molecule has 2 aromatic rings. The van der Waals surface area contributed by atoms with Crippen LogP contribution in [0.3, 0.4) is 0 Å². The highest BCUT2D eigenvalue weighted by molar-refractivity contribution is 7.99. The molecule has 0 radical (unpaired) electrons. The van der Waals surface area contributed by atoms with Gasteiger partial charge in [-0.25, -0.2) is 15.0 Å². The zero-order valence-electron chi connectivity index (χ0n) is 15.0. The second-order valence-corrected chi connectivity index (χ2v) is 9.10. The van der Waals surface area contributed by atoms with Crippen LogP contribution in [0.1, 0.15) is 39.0 Å². The molecule has 1 saturated carbocycles. The fourth-order valence-corrected chi connectivity index (χ4v) is 5.31. The van der Waals surface area contributed by atoms with Crippen molar-refractivity contribution in [2.75, 3.05) is 23.7 Å². The van der Waals surface area contributed by atoms with Crippen LogP contribution in [0, 0.1) is 11.3 Å². The van der Waals surface area contributed by atoms with E-state index in [1.165, 1.54) is 43.9 Å². The van der Waals surface area contributed by atoms with E-state index in [1.807, 2.05) is 18.5 Å². The molecular formula is C19H24ClN5S. The summed E-state index contributed by atoms with van der Waals surface area (Å²) in [4.78, 5) is 16.4. The zero-order valence-corrected chi connectivity index (χ0v) is 16.6. The summed E-state index contributed by atoms with van der Waals surface area (Å²) < 4.78 is 0. The maximum Gasteiger partial charge on any atom is 0.147 e. The van der Waals surface area contributed by atoms with Gasteiger partial charge in [0.15, 0.2) is 0 Å². The molecule has 0 aromatic carbocycles. The highest BCUT2D eigenvalue weighted by atomic mass is 35.5. The van der Waals surface area contributed by atoms with Crippen molar-refractivity contribution in [2.24, 2.45) is 11.3 Å². The Morgan fingerprint density at radius 1 is 1.19 bits per heavy atom. The number of anilines is 2. The first-order valence-electron chi connectivity index (χ1n) is 9.19. The van der Waals surface area contributed by atoms with Crippen molar-refractivity contribution in [2.45, 2.75) is 48.9 Å². The third kappa shape index (κ3) is 3.62. The van der Waals surface area contributed by atoms with E-state index in [0.717, 1.165) is 34.7 Å². The first kappa shape index (κ1) is 17.9. The monoisotopic (exact) mass is 389 g/mol. The molecule has 5 nitrogen and oxygen atoms in total. The molecule has 1 aliphatic carbocycles. The molecule has 0 bridgehead atoms. The SMILES string of the molecule is C[C@H]1CCC2(CCN(c3cnc(Sc4ccnc(N)c4Cl)cn3)CC2)C1. The van der Waals surface area contributed by atoms with Crippen LogP contribution in [0.15, 0.2) is 34.6 Å². The molecule has 2 aromatic heterocycles. The number of pyridine rings is 1. The summed E-state index contributed by atoms with van der Waals surface area (Å²) in [5.74, 6) is 2.20. The smallest absolute Gasteiger partial charge is 0.147 e. The Morgan fingerprint density at radius 2 is 2.00 bits per heavy atom. The lowest BCUT2D eigenvalue weighted by Gasteiger charge is -2.40. The molecule has 0 unspecified atom stereocenters. The van der Waals surface area contributed by atoms with Gasteiger partial charge in [-0.2, -0.15) is 0 Å². The van der Waals surface area contributed by atoms with Crippen molar-refractivity contribution >= 4 is 35.0 Å². The number of rotatable bonds is 3. The van der Waals surface area contributed by atoms with E-state index in [0.29, 0.717) is 16.3 Å². The predicted molar refractivity (Wildman–Crippen MR) is 107 cm³/mol. The van der Waals surface area contributed by atoms with Crippen LogP contribution in [-0.4, -0.2) is 28.0 Å². The van der Waals surface area contributed by atoms with Crippen LogP contribution in [-0.2, 0) is 0 Å². The number of aromatic nitrogens is 3. The Morgan fingerprint density at radius 3 is 2.65 bits per heavy atom. The molecule has 0 amide bonds. The fraction of sp³-hybridized carbons (Fsp3) is 0.526. The van der Waals surface area contributed by atoms with Crippen molar-refractivity contribution in [3.63, 3.8) is 0 Å². The maximum absolute atomic E-state index is 6.20. The van der Waals surface area contributed by atoms with Gasteiger partial charge in [-0.05, 0) is 43.1 Å². The molecule has 2 fully saturated rings. The Kier molecular flexibility index (Phi) is 4.97. The van der Waals surface area contributed by atoms with Crippen LogP contribution in [0.2, 0.25) is 5.02 Å². The third-order valence-electron chi connectivity index (χ3n) is 5.81. The lowest BCUT2D eigenvalue weighted by atomic mass is 9.76. The molecular weight excluding hydrogens is 366 g/mol. The minimum atomic E-state index is 0.338. The highest BCUT2D eigenvalue weighted by Gasteiger charge is 2.39. The van der Waals surface area contributed by atoms with E-state index in [-0.39, 0.29) is 0 Å². The van der Waals surface area contributed by atoms with Crippen LogP contribution < -0.4 is 10.6 Å². The van der Waals surface area contributed by atoms with E-state index in [1.54, 1.807) is 6.20 Å². The molecule has 2 aliphatic rings. The summed E-state index contributed by atoms with van der Waals surface area (Å²) in [7, 11) is 0. The van der Waals surface area contributed by atoms with Gasteiger partial charge in [0.2, 0.25) is 0 Å². The molecule has 3 heterocycles. The second kappa shape index (κ2) is 7.24. The number of halogens is 1. The van der Waals surface area contributed by atoms with E-state index in [4.69, 9.17) is 17.3 Å². The number of nitrogens with zero attached hydrogens (tertiary/aromatic N) is 4. The summed E-state index contributed by atoms with van der Waals surface area (Å²) >= 11 is 7.66. The molecule has 1 saturated heterocycles. The Balaban J connectivity index is 1.40. The highest BCUT2D eigenvalue weighted by Crippen LogP contribution is 2.49. The van der Waals surface area contributed by atoms with E-state index < -0.39 is 0 Å². The summed E-state index contributed by atoms with van der Waals surface area (Å²) in [6.45, 7) is 4.56. The van der Waals surface area contributed by atoms with Crippen molar-refractivity contribution in [3.05, 3.63) is 29.7 Å². The number of hydrogen-bond donors (Lipinski definition) is 1. The minimum absolute atomic E-state index is 0.338. The molecule has 1 atom stereocenters. The van der Waals surface area contributed by atoms with Crippen LogP contribution >= 0.6 is 23.4 Å². The Bertz CT molecular complexity index is 774. The van der Waals surface area contributed by atoms with Gasteiger partial charge in [0.05, 0.1) is 17.4 Å². The van der Waals surface area contributed by atoms with Crippen molar-refractivity contribution < 1.29 is 0 Å². The van der Waals surface area contributed by atoms with E-state index >= 15 is 0 Å². The maximum atomic E-state index is 6.20. The quantitative estimate of drug-likeness (QED) is 0.822. The normalized spacial score (nSPS) is 22.1. The second-order valence-electron chi connectivity index (χ2n) is 7.66. The van der Waals surface area contributed by atoms with Gasteiger partial charge < -0.3 is 10.6 Å². The van der Waals surface area contributed by atoms with E-state index in [9.17, 15) is 0 Å². The lowest BCUT2D eigenvalue weighted by molar-refractivity contribution is 0.218. The molecule has 138 valence electrons. The Labute approximate surface area is 163 Å². The van der Waals surface area contributed by atoms with Gasteiger partial charge in [0.1, 0.15) is 16.7 Å². The summed E-state index contributed by atoms with van der Waals surface area (Å²) in [5, 5.41) is 1.27. The van der Waals surface area contributed by atoms with Crippen LogP contribution in [0.5, 0.6) is 0 Å². The molecule has 1 spiro atoms.